The largest absolute Gasteiger partial charge is 0.317 e. The SMILES string of the molecule is CNC(C)C1CCC2(C)C3CCC4C(=CC3=CC(=O)C12C)CCC(N(C)C)C4(C)C. The molecule has 0 aromatic heterocycles. The van der Waals surface area contributed by atoms with Crippen LogP contribution in [0.1, 0.15) is 73.1 Å². The van der Waals surface area contributed by atoms with Crippen LogP contribution in [0.3, 0.4) is 0 Å². The molecule has 0 aromatic rings. The molecule has 7 atom stereocenters. The quantitative estimate of drug-likeness (QED) is 0.689. The third-order valence-electron chi connectivity index (χ3n) is 10.6. The van der Waals surface area contributed by atoms with E-state index < -0.39 is 0 Å². The lowest BCUT2D eigenvalue weighted by molar-refractivity contribution is -0.136. The maximum Gasteiger partial charge on any atom is 0.162 e. The molecule has 0 saturated heterocycles. The van der Waals surface area contributed by atoms with Crippen molar-refractivity contribution in [3.05, 3.63) is 23.3 Å². The van der Waals surface area contributed by atoms with Crippen LogP contribution in [0.4, 0.5) is 0 Å². The molecule has 4 aliphatic carbocycles. The van der Waals surface area contributed by atoms with Gasteiger partial charge in [-0.05, 0) is 107 Å². The summed E-state index contributed by atoms with van der Waals surface area (Å²) in [4.78, 5) is 16.1. The number of ketones is 1. The average Bonchev–Trinajstić information content (AvgIpc) is 2.83. The van der Waals surface area contributed by atoms with Crippen molar-refractivity contribution in [2.24, 2.45) is 34.0 Å². The molecule has 0 bridgehead atoms. The first-order valence-corrected chi connectivity index (χ1v) is 12.3. The van der Waals surface area contributed by atoms with Gasteiger partial charge in [0.15, 0.2) is 5.78 Å². The minimum absolute atomic E-state index is 0.0690. The average molecular weight is 413 g/mol. The zero-order chi connectivity index (χ0) is 22.1. The lowest BCUT2D eigenvalue weighted by Gasteiger charge is -2.52. The Morgan fingerprint density at radius 3 is 2.33 bits per heavy atom. The Morgan fingerprint density at radius 2 is 1.70 bits per heavy atom. The maximum atomic E-state index is 13.7. The van der Waals surface area contributed by atoms with Gasteiger partial charge in [-0.25, -0.2) is 0 Å². The standard InChI is InChI=1S/C27H44N2O/c1-17(28-6)20-13-14-26(4)22-11-10-21-18(9-12-23(29(7)8)25(21,2)3)15-19(22)16-24(30)27(20,26)5/h15-17,20-23,28H,9-14H2,1-8H3. The van der Waals surface area contributed by atoms with Crippen LogP contribution in [0.2, 0.25) is 0 Å². The first-order chi connectivity index (χ1) is 14.0. The number of hydrogen-bond donors (Lipinski definition) is 1. The van der Waals surface area contributed by atoms with E-state index in [0.29, 0.717) is 35.6 Å². The van der Waals surface area contributed by atoms with E-state index in [0.717, 1.165) is 6.42 Å². The molecule has 30 heavy (non-hydrogen) atoms. The molecular weight excluding hydrogens is 368 g/mol. The molecule has 168 valence electrons. The summed E-state index contributed by atoms with van der Waals surface area (Å²) in [6.45, 7) is 12.0. The molecule has 4 aliphatic rings. The molecule has 1 N–H and O–H groups in total. The Hall–Kier alpha value is -0.930. The molecule has 4 rings (SSSR count). The monoisotopic (exact) mass is 412 g/mol. The fraction of sp³-hybridized carbons (Fsp3) is 0.815. The Kier molecular flexibility index (Phi) is 5.42. The number of nitrogens with one attached hydrogen (secondary N) is 1. The van der Waals surface area contributed by atoms with E-state index >= 15 is 0 Å². The maximum absolute atomic E-state index is 13.7. The zero-order valence-electron chi connectivity index (χ0n) is 20.6. The highest BCUT2D eigenvalue weighted by molar-refractivity contribution is 5.98. The Labute approximate surface area is 184 Å². The van der Waals surface area contributed by atoms with Crippen molar-refractivity contribution in [3.63, 3.8) is 0 Å². The summed E-state index contributed by atoms with van der Waals surface area (Å²) in [7, 11) is 6.53. The van der Waals surface area contributed by atoms with Gasteiger partial charge in [0.05, 0.1) is 0 Å². The first kappa shape index (κ1) is 22.3. The highest BCUT2D eigenvalue weighted by Crippen LogP contribution is 2.66. The van der Waals surface area contributed by atoms with Crippen LogP contribution >= 0.6 is 0 Å². The number of carbonyl (C=O) groups is 1. The summed E-state index contributed by atoms with van der Waals surface area (Å²) in [5.41, 5.74) is 3.06. The number of rotatable bonds is 3. The normalized spacial score (nSPS) is 43.8. The predicted octanol–water partition coefficient (Wildman–Crippen LogP) is 5.23. The predicted molar refractivity (Wildman–Crippen MR) is 125 cm³/mol. The van der Waals surface area contributed by atoms with Gasteiger partial charge in [-0.15, -0.1) is 0 Å². The lowest BCUT2D eigenvalue weighted by Crippen LogP contribution is -2.54. The summed E-state index contributed by atoms with van der Waals surface area (Å²) in [6.07, 6.45) is 11.8. The van der Waals surface area contributed by atoms with Crippen molar-refractivity contribution in [3.8, 4) is 0 Å². The molecule has 0 aliphatic heterocycles. The minimum Gasteiger partial charge on any atom is -0.317 e. The summed E-state index contributed by atoms with van der Waals surface area (Å²) in [5.74, 6) is 1.95. The highest BCUT2D eigenvalue weighted by atomic mass is 16.1. The number of hydrogen-bond acceptors (Lipinski definition) is 3. The van der Waals surface area contributed by atoms with Crippen LogP contribution in [0, 0.1) is 34.0 Å². The third-order valence-corrected chi connectivity index (χ3v) is 10.6. The van der Waals surface area contributed by atoms with Crippen molar-refractivity contribution in [1.82, 2.24) is 10.2 Å². The van der Waals surface area contributed by atoms with E-state index in [9.17, 15) is 4.79 Å². The minimum atomic E-state index is -0.251. The molecule has 2 fully saturated rings. The van der Waals surface area contributed by atoms with E-state index in [1.807, 2.05) is 7.05 Å². The molecule has 0 heterocycles. The lowest BCUT2D eigenvalue weighted by atomic mass is 9.51. The van der Waals surface area contributed by atoms with Gasteiger partial charge in [0.25, 0.3) is 0 Å². The number of allylic oxidation sites excluding steroid dienone is 4. The molecule has 3 heteroatoms. The molecule has 0 spiro atoms. The van der Waals surface area contributed by atoms with Gasteiger partial charge in [-0.3, -0.25) is 4.79 Å². The summed E-state index contributed by atoms with van der Waals surface area (Å²) in [6, 6.07) is 1.01. The molecular formula is C27H44N2O. The van der Waals surface area contributed by atoms with Crippen LogP contribution in [-0.2, 0) is 4.79 Å². The highest BCUT2D eigenvalue weighted by Gasteiger charge is 2.64. The zero-order valence-corrected chi connectivity index (χ0v) is 20.6. The Balaban J connectivity index is 1.74. The van der Waals surface area contributed by atoms with E-state index in [2.05, 4.69) is 71.1 Å². The fourth-order valence-corrected chi connectivity index (χ4v) is 8.54. The van der Waals surface area contributed by atoms with Crippen LogP contribution in [0.25, 0.3) is 0 Å². The molecule has 2 saturated carbocycles. The van der Waals surface area contributed by atoms with Gasteiger partial charge in [-0.1, -0.05) is 39.3 Å². The number of nitrogens with zero attached hydrogens (tertiary/aromatic N) is 1. The van der Waals surface area contributed by atoms with Crippen molar-refractivity contribution in [1.29, 1.82) is 0 Å². The van der Waals surface area contributed by atoms with Crippen molar-refractivity contribution < 1.29 is 4.79 Å². The van der Waals surface area contributed by atoms with Gasteiger partial charge < -0.3 is 10.2 Å². The van der Waals surface area contributed by atoms with Crippen LogP contribution < -0.4 is 5.32 Å². The third kappa shape index (κ3) is 2.87. The first-order valence-electron chi connectivity index (χ1n) is 12.3. The Morgan fingerprint density at radius 1 is 1.03 bits per heavy atom. The number of fused-ring (bicyclic) bond motifs is 4. The van der Waals surface area contributed by atoms with Crippen LogP contribution in [-0.4, -0.2) is 43.9 Å². The molecule has 0 radical (unpaired) electrons. The summed E-state index contributed by atoms with van der Waals surface area (Å²) in [5, 5.41) is 3.46. The van der Waals surface area contributed by atoms with Crippen LogP contribution in [0.5, 0.6) is 0 Å². The van der Waals surface area contributed by atoms with E-state index in [-0.39, 0.29) is 16.2 Å². The second-order valence-corrected chi connectivity index (χ2v) is 12.1. The number of carbonyl (C=O) groups excluding carboxylic acids is 1. The van der Waals surface area contributed by atoms with Gasteiger partial charge in [-0.2, -0.15) is 0 Å². The smallest absolute Gasteiger partial charge is 0.162 e. The summed E-state index contributed by atoms with van der Waals surface area (Å²) >= 11 is 0. The van der Waals surface area contributed by atoms with Gasteiger partial charge in [0.1, 0.15) is 0 Å². The fourth-order valence-electron chi connectivity index (χ4n) is 8.54. The second kappa shape index (κ2) is 7.30. The van der Waals surface area contributed by atoms with E-state index in [1.165, 1.54) is 37.7 Å². The molecule has 0 aromatic carbocycles. The molecule has 0 amide bonds. The Bertz CT molecular complexity index is 778. The topological polar surface area (TPSA) is 32.3 Å². The second-order valence-electron chi connectivity index (χ2n) is 12.1. The van der Waals surface area contributed by atoms with Gasteiger partial charge in [0.2, 0.25) is 0 Å². The van der Waals surface area contributed by atoms with Gasteiger partial charge >= 0.3 is 0 Å². The van der Waals surface area contributed by atoms with Crippen molar-refractivity contribution >= 4 is 5.78 Å². The van der Waals surface area contributed by atoms with E-state index in [4.69, 9.17) is 0 Å². The molecule has 7 unspecified atom stereocenters. The van der Waals surface area contributed by atoms with Crippen molar-refractivity contribution in [2.45, 2.75) is 85.2 Å². The van der Waals surface area contributed by atoms with Gasteiger partial charge in [0, 0.05) is 17.5 Å². The van der Waals surface area contributed by atoms with Crippen molar-refractivity contribution in [2.75, 3.05) is 21.1 Å². The van der Waals surface area contributed by atoms with Crippen LogP contribution in [0.15, 0.2) is 23.3 Å². The molecule has 3 nitrogen and oxygen atoms in total. The summed E-state index contributed by atoms with van der Waals surface area (Å²) < 4.78 is 0. The van der Waals surface area contributed by atoms with E-state index in [1.54, 1.807) is 5.57 Å².